The first-order valence-electron chi connectivity index (χ1n) is 9.27. The summed E-state index contributed by atoms with van der Waals surface area (Å²) in [5.74, 6) is 5.10. The van der Waals surface area contributed by atoms with Crippen LogP contribution in [0.25, 0.3) is 0 Å². The summed E-state index contributed by atoms with van der Waals surface area (Å²) in [6, 6.07) is 19.1. The van der Waals surface area contributed by atoms with Crippen molar-refractivity contribution in [3.05, 3.63) is 94.5 Å². The lowest BCUT2D eigenvalue weighted by Crippen LogP contribution is -2.41. The summed E-state index contributed by atoms with van der Waals surface area (Å²) in [6.45, 7) is 0.221. The van der Waals surface area contributed by atoms with E-state index in [1.54, 1.807) is 61.7 Å². The second-order valence-corrected chi connectivity index (χ2v) is 7.15. The van der Waals surface area contributed by atoms with E-state index in [-0.39, 0.29) is 17.3 Å². The standard InChI is InChI=1S/C24H19ClF3NO2/c1-31-20-10-7-18(8-11-20)16-29-22-12-9-19(25)15-21(22)23(30,24(26,27)28)14-13-17-5-3-2-4-6-17/h2-12,15,29-30H,16H2,1H3/t23-/m0/s1. The highest BCUT2D eigenvalue weighted by atomic mass is 35.5. The molecular weight excluding hydrogens is 427 g/mol. The molecular formula is C24H19ClF3NO2. The van der Waals surface area contributed by atoms with Gasteiger partial charge >= 0.3 is 6.18 Å². The minimum absolute atomic E-state index is 0.0502. The number of aliphatic hydroxyl groups is 1. The highest BCUT2D eigenvalue weighted by molar-refractivity contribution is 6.30. The molecule has 31 heavy (non-hydrogen) atoms. The van der Waals surface area contributed by atoms with Crippen molar-refractivity contribution in [3.8, 4) is 17.6 Å². The van der Waals surface area contributed by atoms with Gasteiger partial charge in [-0.1, -0.05) is 47.9 Å². The van der Waals surface area contributed by atoms with E-state index in [1.807, 2.05) is 5.92 Å². The lowest BCUT2D eigenvalue weighted by atomic mass is 9.91. The molecule has 0 saturated carbocycles. The molecule has 0 unspecified atom stereocenters. The maximum atomic E-state index is 14.0. The molecule has 0 aliphatic rings. The molecule has 3 aromatic rings. The Balaban J connectivity index is 1.99. The van der Waals surface area contributed by atoms with E-state index in [4.69, 9.17) is 16.3 Å². The van der Waals surface area contributed by atoms with Gasteiger partial charge in [-0.25, -0.2) is 0 Å². The van der Waals surface area contributed by atoms with E-state index < -0.39 is 17.3 Å². The first-order chi connectivity index (χ1) is 14.7. The molecule has 0 radical (unpaired) electrons. The fourth-order valence-electron chi connectivity index (χ4n) is 2.89. The largest absolute Gasteiger partial charge is 0.497 e. The number of alkyl halides is 3. The van der Waals surface area contributed by atoms with Gasteiger partial charge in [-0.15, -0.1) is 0 Å². The van der Waals surface area contributed by atoms with E-state index in [1.165, 1.54) is 12.1 Å². The third kappa shape index (κ3) is 5.32. The maximum Gasteiger partial charge on any atom is 0.433 e. The minimum atomic E-state index is -5.06. The molecule has 3 aromatic carbocycles. The Hall–Kier alpha value is -3.14. The summed E-state index contributed by atoms with van der Waals surface area (Å²) in [4.78, 5) is 0. The molecule has 1 atom stereocenters. The van der Waals surface area contributed by atoms with Crippen molar-refractivity contribution in [2.45, 2.75) is 18.3 Å². The molecule has 0 aliphatic heterocycles. The van der Waals surface area contributed by atoms with Crippen molar-refractivity contribution in [3.63, 3.8) is 0 Å². The molecule has 3 rings (SSSR count). The molecule has 7 heteroatoms. The molecule has 0 fully saturated rings. The van der Waals surface area contributed by atoms with Gasteiger partial charge in [0.25, 0.3) is 5.60 Å². The summed E-state index contributed by atoms with van der Waals surface area (Å²) in [6.07, 6.45) is -5.06. The Morgan fingerprint density at radius 3 is 2.29 bits per heavy atom. The normalized spacial score (nSPS) is 13.0. The fourth-order valence-corrected chi connectivity index (χ4v) is 3.06. The van der Waals surface area contributed by atoms with E-state index >= 15 is 0 Å². The number of ether oxygens (including phenoxy) is 1. The Kier molecular flexibility index (Phi) is 6.79. The first-order valence-corrected chi connectivity index (χ1v) is 9.65. The molecule has 0 saturated heterocycles. The van der Waals surface area contributed by atoms with Gasteiger partial charge in [0.1, 0.15) is 5.75 Å². The van der Waals surface area contributed by atoms with Crippen LogP contribution in [0, 0.1) is 11.8 Å². The van der Waals surface area contributed by atoms with E-state index in [0.717, 1.165) is 11.6 Å². The number of rotatable bonds is 5. The van der Waals surface area contributed by atoms with Crippen molar-refractivity contribution in [1.82, 2.24) is 0 Å². The van der Waals surface area contributed by atoms with E-state index in [0.29, 0.717) is 11.3 Å². The zero-order chi connectivity index (χ0) is 22.5. The highest BCUT2D eigenvalue weighted by Crippen LogP contribution is 2.42. The van der Waals surface area contributed by atoms with Crippen molar-refractivity contribution >= 4 is 17.3 Å². The van der Waals surface area contributed by atoms with Gasteiger partial charge in [0, 0.05) is 28.4 Å². The monoisotopic (exact) mass is 445 g/mol. The first kappa shape index (κ1) is 22.5. The van der Waals surface area contributed by atoms with Crippen LogP contribution in [-0.2, 0) is 12.1 Å². The lowest BCUT2D eigenvalue weighted by molar-refractivity contribution is -0.240. The fraction of sp³-hybridized carbons (Fsp3) is 0.167. The maximum absolute atomic E-state index is 14.0. The van der Waals surface area contributed by atoms with Crippen LogP contribution >= 0.6 is 11.6 Å². The molecule has 0 aromatic heterocycles. The van der Waals surface area contributed by atoms with Crippen LogP contribution in [0.15, 0.2) is 72.8 Å². The highest BCUT2D eigenvalue weighted by Gasteiger charge is 2.55. The number of benzene rings is 3. The number of hydrogen-bond acceptors (Lipinski definition) is 3. The third-order valence-electron chi connectivity index (χ3n) is 4.59. The van der Waals surface area contributed by atoms with Crippen LogP contribution in [0.1, 0.15) is 16.7 Å². The number of anilines is 1. The van der Waals surface area contributed by atoms with Gasteiger partial charge < -0.3 is 15.2 Å². The van der Waals surface area contributed by atoms with Crippen LogP contribution in [0.3, 0.4) is 0 Å². The molecule has 0 bridgehead atoms. The van der Waals surface area contributed by atoms with Crippen LogP contribution in [0.5, 0.6) is 5.75 Å². The zero-order valence-electron chi connectivity index (χ0n) is 16.5. The molecule has 0 amide bonds. The Bertz CT molecular complexity index is 1090. The average Bonchev–Trinajstić information content (AvgIpc) is 2.77. The summed E-state index contributed by atoms with van der Waals surface area (Å²) in [5.41, 5.74) is -2.66. The SMILES string of the molecule is COc1ccc(CNc2ccc(Cl)cc2[C@@](O)(C#Cc2ccccc2)C(F)(F)F)cc1. The number of halogens is 4. The van der Waals surface area contributed by atoms with Gasteiger partial charge in [0.2, 0.25) is 0 Å². The van der Waals surface area contributed by atoms with Crippen LogP contribution < -0.4 is 10.1 Å². The topological polar surface area (TPSA) is 41.5 Å². The van der Waals surface area contributed by atoms with Crippen LogP contribution in [-0.4, -0.2) is 18.4 Å². The van der Waals surface area contributed by atoms with Crippen molar-refractivity contribution in [2.75, 3.05) is 12.4 Å². The Morgan fingerprint density at radius 1 is 1.00 bits per heavy atom. The Morgan fingerprint density at radius 2 is 1.68 bits per heavy atom. The van der Waals surface area contributed by atoms with Crippen molar-refractivity contribution in [2.24, 2.45) is 0 Å². The average molecular weight is 446 g/mol. The number of nitrogens with one attached hydrogen (secondary N) is 1. The molecule has 3 nitrogen and oxygen atoms in total. The molecule has 0 heterocycles. The van der Waals surface area contributed by atoms with Gasteiger partial charge in [-0.2, -0.15) is 13.2 Å². The molecule has 160 valence electrons. The predicted octanol–water partition coefficient (Wildman–Crippen LogP) is 5.76. The number of hydrogen-bond donors (Lipinski definition) is 2. The zero-order valence-corrected chi connectivity index (χ0v) is 17.3. The minimum Gasteiger partial charge on any atom is -0.497 e. The van der Waals surface area contributed by atoms with Crippen molar-refractivity contribution in [1.29, 1.82) is 0 Å². The molecule has 2 N–H and O–H groups in total. The van der Waals surface area contributed by atoms with Crippen LogP contribution in [0.2, 0.25) is 5.02 Å². The quantitative estimate of drug-likeness (QED) is 0.490. The van der Waals surface area contributed by atoms with Crippen molar-refractivity contribution < 1.29 is 23.0 Å². The summed E-state index contributed by atoms with van der Waals surface area (Å²) >= 11 is 5.97. The lowest BCUT2D eigenvalue weighted by Gasteiger charge is -2.28. The van der Waals surface area contributed by atoms with Gasteiger partial charge in [0.15, 0.2) is 0 Å². The predicted molar refractivity (Wildman–Crippen MR) is 115 cm³/mol. The summed E-state index contributed by atoms with van der Waals surface area (Å²) in [7, 11) is 1.54. The van der Waals surface area contributed by atoms with Crippen LogP contribution in [0.4, 0.5) is 18.9 Å². The van der Waals surface area contributed by atoms with Gasteiger partial charge in [0.05, 0.1) is 7.11 Å². The second-order valence-electron chi connectivity index (χ2n) is 6.72. The van der Waals surface area contributed by atoms with Gasteiger partial charge in [-0.05, 0) is 53.9 Å². The molecule has 0 aliphatic carbocycles. The third-order valence-corrected chi connectivity index (χ3v) is 4.82. The second kappa shape index (κ2) is 9.34. The van der Waals surface area contributed by atoms with E-state index in [2.05, 4.69) is 11.2 Å². The van der Waals surface area contributed by atoms with E-state index in [9.17, 15) is 18.3 Å². The molecule has 0 spiro atoms. The smallest absolute Gasteiger partial charge is 0.433 e. The van der Waals surface area contributed by atoms with Gasteiger partial charge in [-0.3, -0.25) is 0 Å². The summed E-state index contributed by atoms with van der Waals surface area (Å²) < 4.78 is 47.1. The Labute approximate surface area is 183 Å². The number of methoxy groups -OCH3 is 1. The summed E-state index contributed by atoms with van der Waals surface area (Å²) in [5, 5.41) is 13.7.